The molecule has 0 amide bonds. The fourth-order valence-electron chi connectivity index (χ4n) is 1.97. The van der Waals surface area contributed by atoms with E-state index in [1.165, 1.54) is 0 Å². The average Bonchev–Trinajstić information content (AvgIpc) is 2.85. The minimum Gasteiger partial charge on any atom is -0.387 e. The van der Waals surface area contributed by atoms with E-state index in [2.05, 4.69) is 31.2 Å². The molecule has 5 heteroatoms. The van der Waals surface area contributed by atoms with Crippen LogP contribution in [0.4, 0.5) is 0 Å². The van der Waals surface area contributed by atoms with E-state index in [-0.39, 0.29) is 11.6 Å². The average molecular weight is 297 g/mol. The first kappa shape index (κ1) is 15.3. The van der Waals surface area contributed by atoms with Crippen LogP contribution in [0, 0.1) is 0 Å². The highest BCUT2D eigenvalue weighted by molar-refractivity contribution is 6.30. The van der Waals surface area contributed by atoms with Crippen molar-refractivity contribution >= 4 is 17.3 Å². The highest BCUT2D eigenvalue weighted by Gasteiger charge is 2.27. The smallest absolute Gasteiger partial charge is 0.158 e. The molecule has 2 atom stereocenters. The number of aliphatic hydroxyl groups is 1. The van der Waals surface area contributed by atoms with Gasteiger partial charge in [0, 0.05) is 23.5 Å². The number of hydrogen-bond acceptors (Lipinski definition) is 4. The fraction of sp³-hybridized carbons (Fsp3) is 0.533. The number of benzene rings is 1. The van der Waals surface area contributed by atoms with Crippen molar-refractivity contribution in [3.8, 4) is 0 Å². The molecular weight excluding hydrogens is 276 g/mol. The Morgan fingerprint density at radius 3 is 2.65 bits per heavy atom. The van der Waals surface area contributed by atoms with Gasteiger partial charge in [0.1, 0.15) is 6.10 Å². The summed E-state index contributed by atoms with van der Waals surface area (Å²) < 4.78 is 0. The normalized spacial score (nSPS) is 20.4. The third-order valence-electron chi connectivity index (χ3n) is 3.14. The summed E-state index contributed by atoms with van der Waals surface area (Å²) in [6.07, 6.45) is -0.146. The van der Waals surface area contributed by atoms with Gasteiger partial charge in [0.25, 0.3) is 0 Å². The van der Waals surface area contributed by atoms with Gasteiger partial charge in [-0.3, -0.25) is 0 Å². The van der Waals surface area contributed by atoms with Crippen LogP contribution in [0.1, 0.15) is 38.9 Å². The molecule has 0 saturated heterocycles. The van der Waals surface area contributed by atoms with Crippen LogP contribution in [0.15, 0.2) is 29.4 Å². The first-order valence-electron chi connectivity index (χ1n) is 6.76. The first-order chi connectivity index (χ1) is 9.35. The highest BCUT2D eigenvalue weighted by Crippen LogP contribution is 2.28. The molecule has 0 spiro atoms. The molecule has 1 aromatic carbocycles. The second kappa shape index (κ2) is 6.12. The van der Waals surface area contributed by atoms with Gasteiger partial charge < -0.3 is 15.3 Å². The summed E-state index contributed by atoms with van der Waals surface area (Å²) in [5.74, 6) is 0. The highest BCUT2D eigenvalue weighted by atomic mass is 35.5. The Morgan fingerprint density at radius 1 is 1.40 bits per heavy atom. The van der Waals surface area contributed by atoms with E-state index < -0.39 is 6.10 Å². The lowest BCUT2D eigenvalue weighted by molar-refractivity contribution is 0.0855. The molecule has 0 fully saturated rings. The summed E-state index contributed by atoms with van der Waals surface area (Å²) in [6.45, 7) is 6.65. The Hall–Kier alpha value is -1.10. The molecule has 1 aliphatic heterocycles. The molecular formula is C15H21ClN2O2. The molecule has 1 aliphatic rings. The maximum absolute atomic E-state index is 10.1. The lowest BCUT2D eigenvalue weighted by Gasteiger charge is -2.22. The van der Waals surface area contributed by atoms with Crippen molar-refractivity contribution < 1.29 is 9.94 Å². The van der Waals surface area contributed by atoms with Gasteiger partial charge in [-0.2, -0.15) is 0 Å². The Morgan fingerprint density at radius 2 is 2.05 bits per heavy atom. The monoisotopic (exact) mass is 296 g/mol. The van der Waals surface area contributed by atoms with Gasteiger partial charge in [-0.05, 0) is 38.5 Å². The molecule has 2 N–H and O–H groups in total. The molecule has 4 nitrogen and oxygen atoms in total. The Labute approximate surface area is 124 Å². The van der Waals surface area contributed by atoms with Gasteiger partial charge in [-0.15, -0.1) is 0 Å². The minimum atomic E-state index is -0.619. The van der Waals surface area contributed by atoms with Crippen molar-refractivity contribution in [3.05, 3.63) is 34.9 Å². The van der Waals surface area contributed by atoms with Crippen molar-refractivity contribution in [2.24, 2.45) is 5.16 Å². The fourth-order valence-corrected chi connectivity index (χ4v) is 2.10. The van der Waals surface area contributed by atoms with E-state index in [1.54, 1.807) is 0 Å². The van der Waals surface area contributed by atoms with Gasteiger partial charge >= 0.3 is 0 Å². The van der Waals surface area contributed by atoms with Crippen LogP contribution in [0.5, 0.6) is 0 Å². The molecule has 1 aromatic rings. The SMILES string of the molecule is CC(C)(C)NC[C@H](O)C1=NO[C@H](c2ccc(Cl)cc2)C1. The van der Waals surface area contributed by atoms with Crippen LogP contribution >= 0.6 is 11.6 Å². The third-order valence-corrected chi connectivity index (χ3v) is 3.40. The lowest BCUT2D eigenvalue weighted by Crippen LogP contribution is -2.43. The van der Waals surface area contributed by atoms with Crippen LogP contribution in [-0.2, 0) is 4.84 Å². The Balaban J connectivity index is 1.89. The van der Waals surface area contributed by atoms with Gasteiger partial charge in [0.05, 0.1) is 5.71 Å². The predicted molar refractivity (Wildman–Crippen MR) is 81.1 cm³/mol. The third kappa shape index (κ3) is 4.20. The second-order valence-corrected chi connectivity index (χ2v) is 6.52. The first-order valence-corrected chi connectivity index (χ1v) is 7.14. The minimum absolute atomic E-state index is 0.0312. The molecule has 0 bridgehead atoms. The van der Waals surface area contributed by atoms with Crippen LogP contribution in [-0.4, -0.2) is 29.0 Å². The number of β-amino-alcohol motifs (C(OH)–C–C–N with tert-alkyl or cyclic N) is 1. The summed E-state index contributed by atoms with van der Waals surface area (Å²) >= 11 is 5.86. The zero-order valence-electron chi connectivity index (χ0n) is 12.1. The number of aliphatic hydroxyl groups excluding tert-OH is 1. The molecule has 0 unspecified atom stereocenters. The van der Waals surface area contributed by atoms with Gasteiger partial charge in [-0.1, -0.05) is 28.9 Å². The lowest BCUT2D eigenvalue weighted by atomic mass is 10.0. The van der Waals surface area contributed by atoms with E-state index >= 15 is 0 Å². The van der Waals surface area contributed by atoms with E-state index in [0.717, 1.165) is 5.56 Å². The van der Waals surface area contributed by atoms with Crippen molar-refractivity contribution in [1.82, 2.24) is 5.32 Å². The van der Waals surface area contributed by atoms with Crippen molar-refractivity contribution in [2.45, 2.75) is 44.9 Å². The van der Waals surface area contributed by atoms with Crippen LogP contribution in [0.3, 0.4) is 0 Å². The van der Waals surface area contributed by atoms with Crippen LogP contribution in [0.2, 0.25) is 5.02 Å². The number of oxime groups is 1. The molecule has 0 saturated carbocycles. The van der Waals surface area contributed by atoms with Gasteiger partial charge in [0.15, 0.2) is 6.10 Å². The predicted octanol–water partition coefficient (Wildman–Crippen LogP) is 2.91. The summed E-state index contributed by atoms with van der Waals surface area (Å²) in [5.41, 5.74) is 1.67. The van der Waals surface area contributed by atoms with Crippen molar-refractivity contribution in [2.75, 3.05) is 6.54 Å². The van der Waals surface area contributed by atoms with Gasteiger partial charge in [-0.25, -0.2) is 0 Å². The maximum atomic E-state index is 10.1. The largest absolute Gasteiger partial charge is 0.387 e. The number of nitrogens with zero attached hydrogens (tertiary/aromatic N) is 1. The molecule has 0 aliphatic carbocycles. The number of halogens is 1. The van der Waals surface area contributed by atoms with Crippen molar-refractivity contribution in [1.29, 1.82) is 0 Å². The van der Waals surface area contributed by atoms with E-state index in [9.17, 15) is 5.11 Å². The summed E-state index contributed by atoms with van der Waals surface area (Å²) in [5, 5.41) is 18.1. The number of nitrogens with one attached hydrogen (secondary N) is 1. The van der Waals surface area contributed by atoms with Crippen LogP contribution < -0.4 is 5.32 Å². The topological polar surface area (TPSA) is 53.8 Å². The quantitative estimate of drug-likeness (QED) is 0.898. The Kier molecular flexibility index (Phi) is 4.68. The molecule has 1 heterocycles. The molecule has 20 heavy (non-hydrogen) atoms. The van der Waals surface area contributed by atoms with Crippen LogP contribution in [0.25, 0.3) is 0 Å². The van der Waals surface area contributed by atoms with E-state index in [4.69, 9.17) is 16.4 Å². The molecule has 110 valence electrons. The zero-order chi connectivity index (χ0) is 14.8. The Bertz CT molecular complexity index is 480. The van der Waals surface area contributed by atoms with E-state index in [1.807, 2.05) is 24.3 Å². The zero-order valence-corrected chi connectivity index (χ0v) is 12.8. The summed E-state index contributed by atoms with van der Waals surface area (Å²) in [4.78, 5) is 5.40. The van der Waals surface area contributed by atoms with E-state index in [0.29, 0.717) is 23.7 Å². The van der Waals surface area contributed by atoms with Crippen molar-refractivity contribution in [3.63, 3.8) is 0 Å². The summed E-state index contributed by atoms with van der Waals surface area (Å²) in [7, 11) is 0. The molecule has 2 rings (SSSR count). The standard InChI is InChI=1S/C15H21ClN2O2/c1-15(2,3)17-9-13(19)12-8-14(20-18-12)10-4-6-11(16)7-5-10/h4-7,13-14,17,19H,8-9H2,1-3H3/t13-,14-/m0/s1. The second-order valence-electron chi connectivity index (χ2n) is 6.08. The number of hydrogen-bond donors (Lipinski definition) is 2. The summed E-state index contributed by atoms with van der Waals surface area (Å²) in [6, 6.07) is 7.50. The molecule has 0 aromatic heterocycles. The maximum Gasteiger partial charge on any atom is 0.158 e. The number of rotatable bonds is 4. The van der Waals surface area contributed by atoms with Gasteiger partial charge in [0.2, 0.25) is 0 Å². The molecule has 0 radical (unpaired) electrons.